The molecular weight excluding hydrogens is 156 g/mol. The number of hydrogen-bond acceptors (Lipinski definition) is 3. The van der Waals surface area contributed by atoms with E-state index in [9.17, 15) is 9.59 Å². The van der Waals surface area contributed by atoms with Crippen molar-refractivity contribution in [3.05, 3.63) is 0 Å². The van der Waals surface area contributed by atoms with E-state index in [-0.39, 0.29) is 17.7 Å². The molecular formula is C9H18O3. The van der Waals surface area contributed by atoms with Crippen molar-refractivity contribution >= 4 is 11.8 Å². The van der Waals surface area contributed by atoms with Gasteiger partial charge in [0.05, 0.1) is 6.61 Å². The van der Waals surface area contributed by atoms with Gasteiger partial charge >= 0.3 is 5.97 Å². The molecule has 0 fully saturated rings. The summed E-state index contributed by atoms with van der Waals surface area (Å²) >= 11 is 0. The number of ether oxygens (including phenoxy) is 1. The molecule has 0 saturated heterocycles. The summed E-state index contributed by atoms with van der Waals surface area (Å²) in [4.78, 5) is 20.0. The van der Waals surface area contributed by atoms with Gasteiger partial charge in [0.1, 0.15) is 5.78 Å². The second-order valence-electron chi connectivity index (χ2n) is 2.69. The zero-order chi connectivity index (χ0) is 10.1. The first-order chi connectivity index (χ1) is 5.41. The summed E-state index contributed by atoms with van der Waals surface area (Å²) in [7, 11) is 0. The van der Waals surface area contributed by atoms with Crippen molar-refractivity contribution in [3.8, 4) is 0 Å². The summed E-state index contributed by atoms with van der Waals surface area (Å²) in [5.41, 5.74) is 0. The van der Waals surface area contributed by atoms with Crippen LogP contribution in [0.2, 0.25) is 0 Å². The first kappa shape index (κ1) is 13.7. The second kappa shape index (κ2) is 8.24. The summed E-state index contributed by atoms with van der Waals surface area (Å²) in [6.07, 6.45) is 0. The van der Waals surface area contributed by atoms with E-state index in [0.717, 1.165) is 0 Å². The van der Waals surface area contributed by atoms with Crippen LogP contribution in [0.1, 0.15) is 34.6 Å². The Bertz CT molecular complexity index is 139. The largest absolute Gasteiger partial charge is 0.466 e. The van der Waals surface area contributed by atoms with E-state index in [1.54, 1.807) is 13.8 Å². The monoisotopic (exact) mass is 174 g/mol. The van der Waals surface area contributed by atoms with Crippen molar-refractivity contribution in [1.82, 2.24) is 0 Å². The summed E-state index contributed by atoms with van der Waals surface area (Å²) in [6, 6.07) is 0. The highest BCUT2D eigenvalue weighted by atomic mass is 16.5. The van der Waals surface area contributed by atoms with Crippen molar-refractivity contribution in [2.24, 2.45) is 5.92 Å². The fourth-order valence-electron chi connectivity index (χ4n) is 0.203. The Morgan fingerprint density at radius 2 is 1.58 bits per heavy atom. The lowest BCUT2D eigenvalue weighted by Gasteiger charge is -1.90. The molecule has 0 aromatic heterocycles. The summed E-state index contributed by atoms with van der Waals surface area (Å²) < 4.78 is 4.40. The number of carbonyl (C=O) groups is 2. The molecule has 0 spiro atoms. The SMILES string of the molecule is CC(=O)C(C)C.CCOC(C)=O. The number of hydrogen-bond donors (Lipinski definition) is 0. The smallest absolute Gasteiger partial charge is 0.302 e. The normalized spacial score (nSPS) is 8.50. The van der Waals surface area contributed by atoms with Crippen LogP contribution in [0.15, 0.2) is 0 Å². The van der Waals surface area contributed by atoms with Crippen molar-refractivity contribution in [2.75, 3.05) is 6.61 Å². The fourth-order valence-corrected chi connectivity index (χ4v) is 0.203. The van der Waals surface area contributed by atoms with Gasteiger partial charge in [-0.25, -0.2) is 0 Å². The number of carbonyl (C=O) groups excluding carboxylic acids is 2. The van der Waals surface area contributed by atoms with E-state index in [2.05, 4.69) is 4.74 Å². The van der Waals surface area contributed by atoms with E-state index in [1.807, 2.05) is 13.8 Å². The van der Waals surface area contributed by atoms with Gasteiger partial charge in [0, 0.05) is 12.8 Å². The Hall–Kier alpha value is -0.860. The molecule has 0 atom stereocenters. The molecule has 72 valence electrons. The maximum atomic E-state index is 10.1. The first-order valence-electron chi connectivity index (χ1n) is 4.05. The van der Waals surface area contributed by atoms with Gasteiger partial charge in [0.2, 0.25) is 0 Å². The number of esters is 1. The van der Waals surface area contributed by atoms with Gasteiger partial charge in [0.25, 0.3) is 0 Å². The highest BCUT2D eigenvalue weighted by molar-refractivity contribution is 5.77. The summed E-state index contributed by atoms with van der Waals surface area (Å²) in [6.45, 7) is 9.04. The minimum Gasteiger partial charge on any atom is -0.466 e. The maximum absolute atomic E-state index is 10.1. The lowest BCUT2D eigenvalue weighted by atomic mass is 10.1. The quantitative estimate of drug-likeness (QED) is 0.599. The van der Waals surface area contributed by atoms with Crippen LogP contribution < -0.4 is 0 Å². The summed E-state index contributed by atoms with van der Waals surface area (Å²) in [5, 5.41) is 0. The predicted molar refractivity (Wildman–Crippen MR) is 47.8 cm³/mol. The third kappa shape index (κ3) is 16.1. The zero-order valence-corrected chi connectivity index (χ0v) is 8.51. The van der Waals surface area contributed by atoms with Gasteiger partial charge in [-0.3, -0.25) is 9.59 Å². The third-order valence-corrected chi connectivity index (χ3v) is 1.16. The van der Waals surface area contributed by atoms with Crippen LogP contribution in [-0.4, -0.2) is 18.4 Å². The van der Waals surface area contributed by atoms with Crippen molar-refractivity contribution in [2.45, 2.75) is 34.6 Å². The highest BCUT2D eigenvalue weighted by Crippen LogP contribution is 1.89. The van der Waals surface area contributed by atoms with Gasteiger partial charge in [-0.05, 0) is 13.8 Å². The molecule has 0 unspecified atom stereocenters. The van der Waals surface area contributed by atoms with E-state index in [1.165, 1.54) is 6.92 Å². The molecule has 0 N–H and O–H groups in total. The molecule has 3 heteroatoms. The molecule has 0 aromatic rings. The molecule has 12 heavy (non-hydrogen) atoms. The Morgan fingerprint density at radius 1 is 1.25 bits per heavy atom. The van der Waals surface area contributed by atoms with Gasteiger partial charge in [-0.15, -0.1) is 0 Å². The Kier molecular flexibility index (Phi) is 9.41. The van der Waals surface area contributed by atoms with Gasteiger partial charge in [-0.2, -0.15) is 0 Å². The van der Waals surface area contributed by atoms with Gasteiger partial charge < -0.3 is 4.74 Å². The molecule has 0 aliphatic rings. The number of rotatable bonds is 2. The number of ketones is 1. The maximum Gasteiger partial charge on any atom is 0.302 e. The van der Waals surface area contributed by atoms with E-state index in [0.29, 0.717) is 6.61 Å². The highest BCUT2D eigenvalue weighted by Gasteiger charge is 1.95. The van der Waals surface area contributed by atoms with Crippen LogP contribution >= 0.6 is 0 Å². The molecule has 0 aliphatic heterocycles. The molecule has 0 bridgehead atoms. The topological polar surface area (TPSA) is 43.4 Å². The molecule has 0 amide bonds. The molecule has 0 saturated carbocycles. The Balaban J connectivity index is 0. The van der Waals surface area contributed by atoms with E-state index >= 15 is 0 Å². The van der Waals surface area contributed by atoms with Crippen LogP contribution in [0.5, 0.6) is 0 Å². The van der Waals surface area contributed by atoms with Gasteiger partial charge in [-0.1, -0.05) is 13.8 Å². The van der Waals surface area contributed by atoms with E-state index in [4.69, 9.17) is 0 Å². The Morgan fingerprint density at radius 3 is 1.58 bits per heavy atom. The second-order valence-corrected chi connectivity index (χ2v) is 2.69. The zero-order valence-electron chi connectivity index (χ0n) is 8.51. The van der Waals surface area contributed by atoms with Crippen LogP contribution in [0, 0.1) is 5.92 Å². The van der Waals surface area contributed by atoms with Crippen molar-refractivity contribution in [3.63, 3.8) is 0 Å². The van der Waals surface area contributed by atoms with Crippen molar-refractivity contribution in [1.29, 1.82) is 0 Å². The predicted octanol–water partition coefficient (Wildman–Crippen LogP) is 1.80. The minimum atomic E-state index is -0.211. The molecule has 0 aromatic carbocycles. The average molecular weight is 174 g/mol. The molecule has 0 rings (SSSR count). The molecule has 0 radical (unpaired) electrons. The van der Waals surface area contributed by atoms with E-state index < -0.39 is 0 Å². The standard InChI is InChI=1S/C5H10O.C4H8O2/c1-4(2)5(3)6;1-3-6-4(2)5/h4H,1-3H3;3H2,1-2H3. The minimum absolute atomic E-state index is 0.211. The number of Topliss-reactive ketones (excluding diaryl/α,β-unsaturated/α-hetero) is 1. The molecule has 0 heterocycles. The van der Waals surface area contributed by atoms with Crippen LogP contribution in [0.4, 0.5) is 0 Å². The van der Waals surface area contributed by atoms with Crippen molar-refractivity contribution < 1.29 is 14.3 Å². The van der Waals surface area contributed by atoms with Crippen LogP contribution in [0.25, 0.3) is 0 Å². The van der Waals surface area contributed by atoms with Crippen LogP contribution in [-0.2, 0) is 14.3 Å². The van der Waals surface area contributed by atoms with Gasteiger partial charge in [0.15, 0.2) is 0 Å². The first-order valence-corrected chi connectivity index (χ1v) is 4.05. The molecule has 3 nitrogen and oxygen atoms in total. The lowest BCUT2D eigenvalue weighted by molar-refractivity contribution is -0.140. The summed E-state index contributed by atoms with van der Waals surface area (Å²) in [5.74, 6) is 0.262. The lowest BCUT2D eigenvalue weighted by Crippen LogP contribution is -1.98. The average Bonchev–Trinajstić information content (AvgIpc) is 1.87. The Labute approximate surface area is 74.1 Å². The fraction of sp³-hybridized carbons (Fsp3) is 0.778. The van der Waals surface area contributed by atoms with Crippen LogP contribution in [0.3, 0.4) is 0 Å². The third-order valence-electron chi connectivity index (χ3n) is 1.16. The molecule has 0 aliphatic carbocycles.